The summed E-state index contributed by atoms with van der Waals surface area (Å²) < 4.78 is 1.68. The fourth-order valence-corrected chi connectivity index (χ4v) is 2.34. The minimum atomic E-state index is 0.0591. The Labute approximate surface area is 112 Å². The van der Waals surface area contributed by atoms with Crippen molar-refractivity contribution in [3.63, 3.8) is 0 Å². The fourth-order valence-electron chi connectivity index (χ4n) is 2.16. The Hall–Kier alpha value is -1.36. The SMILES string of the molecule is CCC(CC)(CC)Nc1cc(Cl)nc2ncnn12. The zero-order valence-electron chi connectivity index (χ0n) is 10.9. The Bertz CT molecular complexity index is 524. The molecule has 2 aromatic rings. The van der Waals surface area contributed by atoms with Crippen LogP contribution >= 0.6 is 11.6 Å². The molecule has 2 heterocycles. The third-order valence-electron chi connectivity index (χ3n) is 3.64. The van der Waals surface area contributed by atoms with Crippen molar-refractivity contribution < 1.29 is 0 Å². The monoisotopic (exact) mass is 267 g/mol. The minimum absolute atomic E-state index is 0.0591. The smallest absolute Gasteiger partial charge is 0.255 e. The quantitative estimate of drug-likeness (QED) is 0.846. The van der Waals surface area contributed by atoms with Gasteiger partial charge in [0.05, 0.1) is 0 Å². The second kappa shape index (κ2) is 5.10. The highest BCUT2D eigenvalue weighted by atomic mass is 35.5. The predicted octanol–water partition coefficient (Wildman–Crippen LogP) is 3.16. The highest BCUT2D eigenvalue weighted by Gasteiger charge is 2.24. The Morgan fingerprint density at radius 1 is 1.28 bits per heavy atom. The number of rotatable bonds is 5. The number of halogens is 1. The van der Waals surface area contributed by atoms with E-state index in [1.54, 1.807) is 10.6 Å². The Morgan fingerprint density at radius 2 is 1.94 bits per heavy atom. The van der Waals surface area contributed by atoms with Gasteiger partial charge in [-0.3, -0.25) is 0 Å². The second-order valence-electron chi connectivity index (χ2n) is 4.40. The van der Waals surface area contributed by atoms with E-state index in [0.29, 0.717) is 10.9 Å². The molecule has 0 unspecified atom stereocenters. The van der Waals surface area contributed by atoms with Crippen LogP contribution in [0.5, 0.6) is 0 Å². The molecule has 0 saturated heterocycles. The van der Waals surface area contributed by atoms with Gasteiger partial charge in [0.2, 0.25) is 0 Å². The van der Waals surface area contributed by atoms with Crippen LogP contribution in [0.4, 0.5) is 5.82 Å². The third-order valence-corrected chi connectivity index (χ3v) is 3.84. The molecule has 0 aliphatic carbocycles. The molecule has 98 valence electrons. The van der Waals surface area contributed by atoms with Crippen LogP contribution in [0.15, 0.2) is 12.4 Å². The molecule has 18 heavy (non-hydrogen) atoms. The molecule has 0 aliphatic rings. The van der Waals surface area contributed by atoms with Crippen LogP contribution in [0.25, 0.3) is 5.78 Å². The molecule has 0 amide bonds. The highest BCUT2D eigenvalue weighted by molar-refractivity contribution is 6.29. The van der Waals surface area contributed by atoms with Gasteiger partial charge in [0.25, 0.3) is 5.78 Å². The van der Waals surface area contributed by atoms with Gasteiger partial charge in [0.15, 0.2) is 0 Å². The van der Waals surface area contributed by atoms with E-state index >= 15 is 0 Å². The normalized spacial score (nSPS) is 12.0. The first-order valence-corrected chi connectivity index (χ1v) is 6.66. The van der Waals surface area contributed by atoms with Crippen molar-refractivity contribution in [2.45, 2.75) is 45.6 Å². The van der Waals surface area contributed by atoms with E-state index < -0.39 is 0 Å². The largest absolute Gasteiger partial charge is 0.364 e. The number of aromatic nitrogens is 4. The van der Waals surface area contributed by atoms with Crippen molar-refractivity contribution in [3.8, 4) is 0 Å². The first-order chi connectivity index (χ1) is 8.64. The van der Waals surface area contributed by atoms with Gasteiger partial charge >= 0.3 is 0 Å². The summed E-state index contributed by atoms with van der Waals surface area (Å²) in [6.45, 7) is 6.55. The summed E-state index contributed by atoms with van der Waals surface area (Å²) in [6, 6.07) is 1.79. The summed E-state index contributed by atoms with van der Waals surface area (Å²) >= 11 is 6.01. The average molecular weight is 268 g/mol. The van der Waals surface area contributed by atoms with Crippen molar-refractivity contribution in [1.29, 1.82) is 0 Å². The number of hydrogen-bond donors (Lipinski definition) is 1. The summed E-state index contributed by atoms with van der Waals surface area (Å²) in [6.07, 6.45) is 4.59. The van der Waals surface area contributed by atoms with Crippen LogP contribution in [0.1, 0.15) is 40.0 Å². The van der Waals surface area contributed by atoms with E-state index in [0.717, 1.165) is 25.1 Å². The average Bonchev–Trinajstić information content (AvgIpc) is 2.84. The molecule has 0 saturated carbocycles. The van der Waals surface area contributed by atoms with Crippen LogP contribution in [0.3, 0.4) is 0 Å². The lowest BCUT2D eigenvalue weighted by atomic mass is 9.90. The molecule has 5 nitrogen and oxygen atoms in total. The number of anilines is 1. The maximum Gasteiger partial charge on any atom is 0.255 e. The maximum absolute atomic E-state index is 6.01. The Morgan fingerprint density at radius 3 is 2.56 bits per heavy atom. The van der Waals surface area contributed by atoms with E-state index in [1.807, 2.05) is 0 Å². The van der Waals surface area contributed by atoms with Gasteiger partial charge in [-0.25, -0.2) is 0 Å². The highest BCUT2D eigenvalue weighted by Crippen LogP contribution is 2.26. The van der Waals surface area contributed by atoms with E-state index in [-0.39, 0.29) is 5.54 Å². The summed E-state index contributed by atoms with van der Waals surface area (Å²) in [4.78, 5) is 8.18. The number of hydrogen-bond acceptors (Lipinski definition) is 4. The lowest BCUT2D eigenvalue weighted by molar-refractivity contribution is 0.417. The van der Waals surface area contributed by atoms with Crippen molar-refractivity contribution in [1.82, 2.24) is 19.6 Å². The summed E-state index contributed by atoms with van der Waals surface area (Å²) in [7, 11) is 0. The predicted molar refractivity (Wildman–Crippen MR) is 73.0 cm³/mol. The van der Waals surface area contributed by atoms with Gasteiger partial charge in [-0.2, -0.15) is 19.6 Å². The number of nitrogens with zero attached hydrogens (tertiary/aromatic N) is 4. The fraction of sp³-hybridized carbons (Fsp3) is 0.583. The molecule has 0 spiro atoms. The van der Waals surface area contributed by atoms with Gasteiger partial charge in [-0.1, -0.05) is 32.4 Å². The van der Waals surface area contributed by atoms with Crippen LogP contribution in [-0.4, -0.2) is 25.1 Å². The Balaban J connectivity index is 2.44. The summed E-state index contributed by atoms with van der Waals surface area (Å²) in [5, 5.41) is 8.14. The lowest BCUT2D eigenvalue weighted by Gasteiger charge is -2.32. The maximum atomic E-state index is 6.01. The van der Waals surface area contributed by atoms with Crippen LogP contribution in [0.2, 0.25) is 5.15 Å². The molecule has 1 N–H and O–H groups in total. The zero-order chi connectivity index (χ0) is 13.2. The molecule has 0 aromatic carbocycles. The first-order valence-electron chi connectivity index (χ1n) is 6.28. The standard InChI is InChI=1S/C12H18ClN5/c1-4-12(5-2,6-3)17-10-7-9(13)16-11-14-8-15-18(10)11/h7-8,17H,4-6H2,1-3H3. The molecule has 0 radical (unpaired) electrons. The lowest BCUT2D eigenvalue weighted by Crippen LogP contribution is -2.37. The molecule has 0 aliphatic heterocycles. The van der Waals surface area contributed by atoms with Gasteiger partial charge in [0, 0.05) is 11.6 Å². The van der Waals surface area contributed by atoms with Gasteiger partial charge in [-0.15, -0.1) is 0 Å². The van der Waals surface area contributed by atoms with Gasteiger partial charge < -0.3 is 5.32 Å². The third kappa shape index (κ3) is 2.27. The van der Waals surface area contributed by atoms with Crippen LogP contribution in [0, 0.1) is 0 Å². The van der Waals surface area contributed by atoms with Crippen molar-refractivity contribution >= 4 is 23.2 Å². The molecule has 6 heteroatoms. The molecular formula is C12H18ClN5. The first kappa shape index (κ1) is 13.1. The van der Waals surface area contributed by atoms with Crippen LogP contribution in [-0.2, 0) is 0 Å². The van der Waals surface area contributed by atoms with E-state index in [2.05, 4.69) is 41.2 Å². The molecule has 0 atom stereocenters. The van der Waals surface area contributed by atoms with E-state index in [1.165, 1.54) is 6.33 Å². The number of nitrogens with one attached hydrogen (secondary N) is 1. The molecule has 2 rings (SSSR count). The Kier molecular flexibility index (Phi) is 3.71. The zero-order valence-corrected chi connectivity index (χ0v) is 11.7. The molecule has 0 fully saturated rings. The number of fused-ring (bicyclic) bond motifs is 1. The van der Waals surface area contributed by atoms with Gasteiger partial charge in [0.1, 0.15) is 17.3 Å². The summed E-state index contributed by atoms with van der Waals surface area (Å²) in [5.41, 5.74) is 0.0591. The minimum Gasteiger partial charge on any atom is -0.364 e. The topological polar surface area (TPSA) is 55.1 Å². The van der Waals surface area contributed by atoms with Crippen LogP contribution < -0.4 is 5.32 Å². The van der Waals surface area contributed by atoms with Crippen molar-refractivity contribution in [2.75, 3.05) is 5.32 Å². The molecular weight excluding hydrogens is 250 g/mol. The van der Waals surface area contributed by atoms with Crippen molar-refractivity contribution in [2.24, 2.45) is 0 Å². The van der Waals surface area contributed by atoms with E-state index in [9.17, 15) is 0 Å². The summed E-state index contributed by atoms with van der Waals surface area (Å²) in [5.74, 6) is 1.36. The van der Waals surface area contributed by atoms with E-state index in [4.69, 9.17) is 11.6 Å². The van der Waals surface area contributed by atoms with Crippen molar-refractivity contribution in [3.05, 3.63) is 17.5 Å². The second-order valence-corrected chi connectivity index (χ2v) is 4.79. The molecule has 0 bridgehead atoms. The molecule has 2 aromatic heterocycles. The van der Waals surface area contributed by atoms with Gasteiger partial charge in [-0.05, 0) is 19.3 Å².